The van der Waals surface area contributed by atoms with Gasteiger partial charge in [0.05, 0.1) is 23.7 Å². The van der Waals surface area contributed by atoms with Crippen LogP contribution in [0.3, 0.4) is 0 Å². The topological polar surface area (TPSA) is 79.3 Å². The van der Waals surface area contributed by atoms with Crippen molar-refractivity contribution in [2.24, 2.45) is 0 Å². The molecule has 0 unspecified atom stereocenters. The van der Waals surface area contributed by atoms with Crippen molar-refractivity contribution in [2.75, 3.05) is 0 Å². The van der Waals surface area contributed by atoms with Gasteiger partial charge in [-0.1, -0.05) is 25.1 Å². The smallest absolute Gasteiger partial charge is 0.240 e. The summed E-state index contributed by atoms with van der Waals surface area (Å²) in [5.41, 5.74) is 2.30. The van der Waals surface area contributed by atoms with Gasteiger partial charge < -0.3 is 5.11 Å². The molecule has 1 heterocycles. The summed E-state index contributed by atoms with van der Waals surface area (Å²) in [6, 6.07) is 10.0. The lowest BCUT2D eigenvalue weighted by Crippen LogP contribution is -2.24. The van der Waals surface area contributed by atoms with Gasteiger partial charge in [0.1, 0.15) is 0 Å². The highest BCUT2D eigenvalue weighted by Gasteiger charge is 2.15. The van der Waals surface area contributed by atoms with E-state index in [4.69, 9.17) is 5.11 Å². The molecule has 21 heavy (non-hydrogen) atoms. The summed E-state index contributed by atoms with van der Waals surface area (Å²) in [4.78, 5) is 4.35. The number of sulfonamides is 1. The zero-order valence-corrected chi connectivity index (χ0v) is 12.6. The highest BCUT2D eigenvalue weighted by Crippen LogP contribution is 2.13. The van der Waals surface area contributed by atoms with Gasteiger partial charge in [0.25, 0.3) is 0 Å². The number of pyridine rings is 1. The van der Waals surface area contributed by atoms with E-state index < -0.39 is 10.0 Å². The molecule has 1 aromatic heterocycles. The van der Waals surface area contributed by atoms with Gasteiger partial charge in [-0.15, -0.1) is 0 Å². The molecule has 0 fully saturated rings. The van der Waals surface area contributed by atoms with Crippen molar-refractivity contribution < 1.29 is 13.5 Å². The Morgan fingerprint density at radius 3 is 2.76 bits per heavy atom. The van der Waals surface area contributed by atoms with Gasteiger partial charge in [-0.25, -0.2) is 13.1 Å². The number of rotatable bonds is 6. The van der Waals surface area contributed by atoms with Crippen LogP contribution in [-0.4, -0.2) is 18.5 Å². The van der Waals surface area contributed by atoms with Gasteiger partial charge in [0.2, 0.25) is 10.0 Å². The number of aliphatic hydroxyl groups is 1. The van der Waals surface area contributed by atoms with Gasteiger partial charge in [-0.05, 0) is 35.7 Å². The third-order valence-electron chi connectivity index (χ3n) is 3.19. The number of aromatic nitrogens is 1. The third kappa shape index (κ3) is 3.87. The fourth-order valence-corrected chi connectivity index (χ4v) is 3.07. The Morgan fingerprint density at radius 1 is 1.24 bits per heavy atom. The zero-order chi connectivity index (χ0) is 15.3. The number of benzene rings is 1. The van der Waals surface area contributed by atoms with Crippen molar-refractivity contribution in [3.63, 3.8) is 0 Å². The molecule has 6 heteroatoms. The fourth-order valence-electron chi connectivity index (χ4n) is 2.01. The van der Waals surface area contributed by atoms with Crippen LogP contribution in [0, 0.1) is 0 Å². The molecule has 1 aromatic carbocycles. The summed E-state index contributed by atoms with van der Waals surface area (Å²) in [6.07, 6.45) is 2.44. The minimum Gasteiger partial charge on any atom is -0.392 e. The quantitative estimate of drug-likeness (QED) is 0.850. The van der Waals surface area contributed by atoms with Crippen LogP contribution in [0.4, 0.5) is 0 Å². The first-order valence-electron chi connectivity index (χ1n) is 6.69. The number of nitrogens with zero attached hydrogens (tertiary/aromatic N) is 1. The summed E-state index contributed by atoms with van der Waals surface area (Å²) in [7, 11) is -3.62. The highest BCUT2D eigenvalue weighted by atomic mass is 32.2. The minimum absolute atomic E-state index is 0.142. The van der Waals surface area contributed by atoms with Crippen LogP contribution in [0.25, 0.3) is 0 Å². The standard InChI is InChI=1S/C15H18N2O3S/c1-2-13-6-4-8-16-15(13)10-17-21(19,20)14-7-3-5-12(9-14)11-18/h3-9,17-18H,2,10-11H2,1H3. The summed E-state index contributed by atoms with van der Waals surface area (Å²) in [5.74, 6) is 0. The molecule has 0 amide bonds. The third-order valence-corrected chi connectivity index (χ3v) is 4.59. The molecule has 0 saturated heterocycles. The van der Waals surface area contributed by atoms with E-state index in [1.165, 1.54) is 12.1 Å². The summed E-state index contributed by atoms with van der Waals surface area (Å²) in [5, 5.41) is 9.08. The first-order chi connectivity index (χ1) is 10.1. The van der Waals surface area contributed by atoms with E-state index in [0.717, 1.165) is 17.7 Å². The Hall–Kier alpha value is -1.76. The average molecular weight is 306 g/mol. The predicted molar refractivity (Wildman–Crippen MR) is 80.0 cm³/mol. The highest BCUT2D eigenvalue weighted by molar-refractivity contribution is 7.89. The number of aliphatic hydroxyl groups excluding tert-OH is 1. The van der Waals surface area contributed by atoms with Crippen molar-refractivity contribution in [3.8, 4) is 0 Å². The maximum absolute atomic E-state index is 12.3. The lowest BCUT2D eigenvalue weighted by molar-refractivity contribution is 0.281. The molecule has 2 rings (SSSR count). The second-order valence-electron chi connectivity index (χ2n) is 4.59. The maximum Gasteiger partial charge on any atom is 0.240 e. The SMILES string of the molecule is CCc1cccnc1CNS(=O)(=O)c1cccc(CO)c1. The number of hydrogen-bond donors (Lipinski definition) is 2. The molecule has 112 valence electrons. The fraction of sp³-hybridized carbons (Fsp3) is 0.267. The molecule has 0 aliphatic rings. The van der Waals surface area contributed by atoms with Crippen LogP contribution in [0.5, 0.6) is 0 Å². The van der Waals surface area contributed by atoms with E-state index >= 15 is 0 Å². The molecular formula is C15H18N2O3S. The zero-order valence-electron chi connectivity index (χ0n) is 11.8. The lowest BCUT2D eigenvalue weighted by atomic mass is 10.1. The Labute approximate surface area is 124 Å². The predicted octanol–water partition coefficient (Wildman–Crippen LogP) is 1.61. The molecule has 2 aromatic rings. The summed E-state index contributed by atoms with van der Waals surface area (Å²) >= 11 is 0. The van der Waals surface area contributed by atoms with Gasteiger partial charge in [0, 0.05) is 6.20 Å². The van der Waals surface area contributed by atoms with Crippen molar-refractivity contribution in [2.45, 2.75) is 31.4 Å². The normalized spacial score (nSPS) is 11.5. The maximum atomic E-state index is 12.3. The summed E-state index contributed by atoms with van der Waals surface area (Å²) in [6.45, 7) is 1.96. The van der Waals surface area contributed by atoms with Gasteiger partial charge in [-0.2, -0.15) is 0 Å². The second kappa shape index (κ2) is 6.80. The second-order valence-corrected chi connectivity index (χ2v) is 6.36. The van der Waals surface area contributed by atoms with Gasteiger partial charge >= 0.3 is 0 Å². The molecule has 0 aliphatic heterocycles. The van der Waals surface area contributed by atoms with E-state index in [1.807, 2.05) is 19.1 Å². The van der Waals surface area contributed by atoms with Gasteiger partial charge in [0.15, 0.2) is 0 Å². The number of nitrogens with one attached hydrogen (secondary N) is 1. The lowest BCUT2D eigenvalue weighted by Gasteiger charge is -2.09. The Bertz CT molecular complexity index is 714. The monoisotopic (exact) mass is 306 g/mol. The van der Waals surface area contributed by atoms with Crippen LogP contribution < -0.4 is 4.72 Å². The molecule has 5 nitrogen and oxygen atoms in total. The van der Waals surface area contributed by atoms with E-state index in [9.17, 15) is 8.42 Å². The minimum atomic E-state index is -3.62. The molecular weight excluding hydrogens is 288 g/mol. The molecule has 2 N–H and O–H groups in total. The van der Waals surface area contributed by atoms with Crippen molar-refractivity contribution >= 4 is 10.0 Å². The first kappa shape index (κ1) is 15.6. The van der Waals surface area contributed by atoms with Crippen LogP contribution in [0.1, 0.15) is 23.7 Å². The Balaban J connectivity index is 2.18. The van der Waals surface area contributed by atoms with E-state index in [2.05, 4.69) is 9.71 Å². The van der Waals surface area contributed by atoms with E-state index in [0.29, 0.717) is 5.56 Å². The van der Waals surface area contributed by atoms with Crippen LogP contribution in [-0.2, 0) is 29.6 Å². The molecule has 0 bridgehead atoms. The van der Waals surface area contributed by atoms with Crippen LogP contribution in [0.15, 0.2) is 47.5 Å². The van der Waals surface area contributed by atoms with Crippen LogP contribution >= 0.6 is 0 Å². The van der Waals surface area contributed by atoms with Crippen molar-refractivity contribution in [1.29, 1.82) is 0 Å². The summed E-state index contributed by atoms with van der Waals surface area (Å²) < 4.78 is 27.1. The van der Waals surface area contributed by atoms with Crippen molar-refractivity contribution in [1.82, 2.24) is 9.71 Å². The van der Waals surface area contributed by atoms with E-state index in [1.54, 1.807) is 18.3 Å². The largest absolute Gasteiger partial charge is 0.392 e. The average Bonchev–Trinajstić information content (AvgIpc) is 2.53. The Morgan fingerprint density at radius 2 is 2.05 bits per heavy atom. The van der Waals surface area contributed by atoms with Gasteiger partial charge in [-0.3, -0.25) is 4.98 Å². The Kier molecular flexibility index (Phi) is 5.06. The molecule has 0 aliphatic carbocycles. The molecule has 0 radical (unpaired) electrons. The van der Waals surface area contributed by atoms with Crippen LogP contribution in [0.2, 0.25) is 0 Å². The molecule has 0 spiro atoms. The van der Waals surface area contributed by atoms with E-state index in [-0.39, 0.29) is 18.0 Å². The molecule has 0 saturated carbocycles. The van der Waals surface area contributed by atoms with Crippen molar-refractivity contribution in [3.05, 3.63) is 59.4 Å². The number of hydrogen-bond acceptors (Lipinski definition) is 4. The number of aryl methyl sites for hydroxylation is 1. The molecule has 0 atom stereocenters. The first-order valence-corrected chi connectivity index (χ1v) is 8.17.